The Labute approximate surface area is 172 Å². The zero-order chi connectivity index (χ0) is 19.4. The number of hydrogen-bond donors (Lipinski definition) is 0. The molecule has 0 saturated heterocycles. The zero-order valence-electron chi connectivity index (χ0n) is 17.0. The van der Waals surface area contributed by atoms with Gasteiger partial charge < -0.3 is 14.5 Å². The van der Waals surface area contributed by atoms with Gasteiger partial charge in [0.05, 0.1) is 7.11 Å². The third kappa shape index (κ3) is 2.76. The minimum absolute atomic E-state index is 0.145. The lowest BCUT2D eigenvalue weighted by molar-refractivity contribution is -0.116. The molecule has 4 aliphatic carbocycles. The highest BCUT2D eigenvalue weighted by molar-refractivity contribution is 6.00. The van der Waals surface area contributed by atoms with Crippen LogP contribution in [0.15, 0.2) is 59.8 Å². The average molecular weight is 389 g/mol. The molecule has 4 heteroatoms. The molecule has 2 aromatic rings. The van der Waals surface area contributed by atoms with Crippen molar-refractivity contribution in [2.45, 2.75) is 50.3 Å². The van der Waals surface area contributed by atoms with Crippen molar-refractivity contribution >= 4 is 5.84 Å². The third-order valence-corrected chi connectivity index (χ3v) is 7.63. The van der Waals surface area contributed by atoms with Gasteiger partial charge in [-0.2, -0.15) is 0 Å². The molecule has 150 valence electrons. The number of benzene rings is 2. The van der Waals surface area contributed by atoms with E-state index < -0.39 is 0 Å². The number of nitrogens with zero attached hydrogens (tertiary/aromatic N) is 2. The molecule has 1 unspecified atom stereocenters. The number of ether oxygens (including phenoxy) is 1. The van der Waals surface area contributed by atoms with Crippen LogP contribution in [0.3, 0.4) is 0 Å². The topological polar surface area (TPSA) is 34.1 Å². The minimum Gasteiger partial charge on any atom is -0.497 e. The van der Waals surface area contributed by atoms with Crippen LogP contribution >= 0.6 is 0 Å². The number of amidine groups is 1. The summed E-state index contributed by atoms with van der Waals surface area (Å²) in [7, 11) is 1.72. The Morgan fingerprint density at radius 2 is 1.62 bits per heavy atom. The Kier molecular flexibility index (Phi) is 3.90. The Bertz CT molecular complexity index is 904. The summed E-state index contributed by atoms with van der Waals surface area (Å²) in [5.74, 6) is 4.43. The van der Waals surface area contributed by atoms with Crippen LogP contribution in [0.1, 0.15) is 55.9 Å². The Morgan fingerprint density at radius 3 is 2.28 bits per heavy atom. The van der Waals surface area contributed by atoms with Crippen LogP contribution in [0.4, 0.5) is 0 Å². The molecule has 4 saturated carbocycles. The van der Waals surface area contributed by atoms with Crippen molar-refractivity contribution in [3.63, 3.8) is 0 Å². The normalized spacial score (nSPS) is 34.8. The predicted octanol–water partition coefficient (Wildman–Crippen LogP) is 5.36. The van der Waals surface area contributed by atoms with Gasteiger partial charge in [-0.1, -0.05) is 47.6 Å². The Balaban J connectivity index is 1.45. The molecule has 0 aromatic heterocycles. The van der Waals surface area contributed by atoms with Gasteiger partial charge in [-0.05, 0) is 68.4 Å². The van der Waals surface area contributed by atoms with Crippen LogP contribution in [-0.2, 0) is 4.84 Å². The van der Waals surface area contributed by atoms with Gasteiger partial charge in [-0.15, -0.1) is 0 Å². The number of oxime groups is 1. The fraction of sp³-hybridized carbons (Fsp3) is 0.480. The zero-order valence-corrected chi connectivity index (χ0v) is 17.0. The monoisotopic (exact) mass is 388 g/mol. The van der Waals surface area contributed by atoms with E-state index in [9.17, 15) is 0 Å². The van der Waals surface area contributed by atoms with Crippen molar-refractivity contribution in [2.24, 2.45) is 22.9 Å². The second-order valence-electron chi connectivity index (χ2n) is 9.53. The first-order valence-electron chi connectivity index (χ1n) is 11.0. The minimum atomic E-state index is -0.145. The first kappa shape index (κ1) is 17.4. The number of hydrogen-bond acceptors (Lipinski definition) is 4. The number of rotatable bonds is 4. The molecule has 7 rings (SSSR count). The van der Waals surface area contributed by atoms with Crippen molar-refractivity contribution < 1.29 is 9.57 Å². The van der Waals surface area contributed by atoms with Crippen molar-refractivity contribution in [2.75, 3.05) is 7.11 Å². The van der Waals surface area contributed by atoms with Crippen molar-refractivity contribution in [3.05, 3.63) is 65.7 Å². The maximum Gasteiger partial charge on any atom is 0.227 e. The van der Waals surface area contributed by atoms with Crippen molar-refractivity contribution in [3.8, 4) is 5.75 Å². The molecule has 4 fully saturated rings. The summed E-state index contributed by atoms with van der Waals surface area (Å²) in [4.78, 5) is 8.71. The highest BCUT2D eigenvalue weighted by atomic mass is 16.7. The SMILES string of the molecule is COc1cccc(C2=NOC(c3ccccc3)N2C23CC4CC(CC(C4)C2)C3)c1. The van der Waals surface area contributed by atoms with Gasteiger partial charge in [0, 0.05) is 16.7 Å². The van der Waals surface area contributed by atoms with E-state index in [1.165, 1.54) is 44.1 Å². The summed E-state index contributed by atoms with van der Waals surface area (Å²) in [5, 5.41) is 4.66. The maximum absolute atomic E-state index is 6.15. The molecule has 5 aliphatic rings. The van der Waals surface area contributed by atoms with E-state index in [1.807, 2.05) is 12.1 Å². The lowest BCUT2D eigenvalue weighted by Gasteiger charge is -2.60. The van der Waals surface area contributed by atoms with Gasteiger partial charge in [0.15, 0.2) is 5.84 Å². The first-order chi connectivity index (χ1) is 14.2. The lowest BCUT2D eigenvalue weighted by atomic mass is 9.52. The molecule has 4 nitrogen and oxygen atoms in total. The standard InChI is InChI=1S/C25H28N2O2/c1-28-22-9-5-8-21(13-22)23-26-29-24(20-6-3-2-4-7-20)27(23)25-14-17-10-18(15-25)12-19(11-17)16-25/h2-9,13,17-19,24H,10-12,14-16H2,1H3. The molecule has 1 heterocycles. The van der Waals surface area contributed by atoms with E-state index in [4.69, 9.17) is 9.57 Å². The summed E-state index contributed by atoms with van der Waals surface area (Å²) in [6.07, 6.45) is 7.95. The predicted molar refractivity (Wildman–Crippen MR) is 113 cm³/mol. The van der Waals surface area contributed by atoms with Crippen LogP contribution < -0.4 is 4.74 Å². The molecule has 29 heavy (non-hydrogen) atoms. The van der Waals surface area contributed by atoms with Gasteiger partial charge in [-0.3, -0.25) is 0 Å². The third-order valence-electron chi connectivity index (χ3n) is 7.63. The van der Waals surface area contributed by atoms with Crippen LogP contribution in [-0.4, -0.2) is 23.4 Å². The van der Waals surface area contributed by atoms with Crippen LogP contribution in [0.25, 0.3) is 0 Å². The van der Waals surface area contributed by atoms with Gasteiger partial charge in [0.2, 0.25) is 6.23 Å². The average Bonchev–Trinajstić information content (AvgIpc) is 3.20. The summed E-state index contributed by atoms with van der Waals surface area (Å²) in [6.45, 7) is 0. The molecule has 1 aliphatic heterocycles. The van der Waals surface area contributed by atoms with Gasteiger partial charge in [-0.25, -0.2) is 0 Å². The Morgan fingerprint density at radius 1 is 0.931 bits per heavy atom. The second kappa shape index (κ2) is 6.51. The molecule has 2 aromatic carbocycles. The lowest BCUT2D eigenvalue weighted by Crippen LogP contribution is -2.61. The van der Waals surface area contributed by atoms with Crippen molar-refractivity contribution in [1.82, 2.24) is 4.90 Å². The van der Waals surface area contributed by atoms with Crippen LogP contribution in [0.5, 0.6) is 5.75 Å². The molecule has 0 amide bonds. The number of methoxy groups -OCH3 is 1. The van der Waals surface area contributed by atoms with Gasteiger partial charge in [0.1, 0.15) is 5.75 Å². The van der Waals surface area contributed by atoms with E-state index >= 15 is 0 Å². The smallest absolute Gasteiger partial charge is 0.227 e. The summed E-state index contributed by atoms with van der Waals surface area (Å²) in [5.41, 5.74) is 2.43. The van der Waals surface area contributed by atoms with Crippen molar-refractivity contribution in [1.29, 1.82) is 0 Å². The molecule has 1 atom stereocenters. The van der Waals surface area contributed by atoms with E-state index in [0.29, 0.717) is 0 Å². The van der Waals surface area contributed by atoms with Crippen LogP contribution in [0, 0.1) is 17.8 Å². The Hall–Kier alpha value is -2.49. The van der Waals surface area contributed by atoms with E-state index in [0.717, 1.165) is 34.9 Å². The molecular formula is C25H28N2O2. The molecule has 0 radical (unpaired) electrons. The molecule has 4 bridgehead atoms. The second-order valence-corrected chi connectivity index (χ2v) is 9.53. The maximum atomic E-state index is 6.15. The van der Waals surface area contributed by atoms with Gasteiger partial charge in [0.25, 0.3) is 0 Å². The fourth-order valence-electron chi connectivity index (χ4n) is 6.92. The molecule has 0 spiro atoms. The fourth-order valence-corrected chi connectivity index (χ4v) is 6.92. The molecular weight excluding hydrogens is 360 g/mol. The summed E-state index contributed by atoms with van der Waals surface area (Å²) < 4.78 is 5.50. The highest BCUT2D eigenvalue weighted by Gasteiger charge is 2.57. The summed E-state index contributed by atoms with van der Waals surface area (Å²) in [6, 6.07) is 18.9. The first-order valence-corrected chi connectivity index (χ1v) is 11.0. The van der Waals surface area contributed by atoms with E-state index in [1.54, 1.807) is 7.11 Å². The van der Waals surface area contributed by atoms with E-state index in [-0.39, 0.29) is 11.8 Å². The van der Waals surface area contributed by atoms with Gasteiger partial charge >= 0.3 is 0 Å². The quantitative estimate of drug-likeness (QED) is 0.707. The van der Waals surface area contributed by atoms with Crippen LogP contribution in [0.2, 0.25) is 0 Å². The largest absolute Gasteiger partial charge is 0.497 e. The van der Waals surface area contributed by atoms with E-state index in [2.05, 4.69) is 52.5 Å². The highest BCUT2D eigenvalue weighted by Crippen LogP contribution is 2.60. The summed E-state index contributed by atoms with van der Waals surface area (Å²) >= 11 is 0. The molecule has 0 N–H and O–H groups in total.